The van der Waals surface area contributed by atoms with Crippen molar-refractivity contribution in [3.63, 3.8) is 0 Å². The van der Waals surface area contributed by atoms with Crippen LogP contribution in [-0.4, -0.2) is 58.0 Å². The first-order valence-electron chi connectivity index (χ1n) is 15.7. The summed E-state index contributed by atoms with van der Waals surface area (Å²) in [7, 11) is 0. The molecule has 2 aromatic heterocycles. The Kier molecular flexibility index (Phi) is 11.7. The van der Waals surface area contributed by atoms with Gasteiger partial charge in [0.1, 0.15) is 17.7 Å². The van der Waals surface area contributed by atoms with Crippen molar-refractivity contribution in [1.29, 1.82) is 5.26 Å². The van der Waals surface area contributed by atoms with Gasteiger partial charge in [0.15, 0.2) is 0 Å². The van der Waals surface area contributed by atoms with E-state index in [1.54, 1.807) is 18.3 Å². The molecule has 0 atom stereocenters. The topological polar surface area (TPSA) is 106 Å². The van der Waals surface area contributed by atoms with Gasteiger partial charge in [-0.15, -0.1) is 0 Å². The smallest absolute Gasteiger partial charge is 0.144 e. The number of benzene rings is 2. The second-order valence-electron chi connectivity index (χ2n) is 11.6. The molecule has 0 saturated carbocycles. The van der Waals surface area contributed by atoms with Crippen molar-refractivity contribution in [2.75, 3.05) is 36.8 Å². The van der Waals surface area contributed by atoms with Gasteiger partial charge < -0.3 is 16.4 Å². The van der Waals surface area contributed by atoms with Gasteiger partial charge in [-0.25, -0.2) is 9.97 Å². The zero-order chi connectivity index (χ0) is 30.4. The Hall–Kier alpha value is -4.29. The van der Waals surface area contributed by atoms with Crippen molar-refractivity contribution < 1.29 is 0 Å². The molecule has 0 bridgehead atoms. The molecular formula is C36H44N8. The Balaban J connectivity index is 0.000000175. The Morgan fingerprint density at radius 2 is 1.14 bits per heavy atom. The fraction of sp³-hybridized carbons (Fsp3) is 0.361. The van der Waals surface area contributed by atoms with Crippen LogP contribution in [0.2, 0.25) is 0 Å². The van der Waals surface area contributed by atoms with Crippen LogP contribution in [-0.2, 0) is 19.6 Å². The number of nitriles is 1. The lowest BCUT2D eigenvalue weighted by Gasteiger charge is -2.33. The molecule has 2 saturated heterocycles. The third-order valence-corrected chi connectivity index (χ3v) is 8.39. The van der Waals surface area contributed by atoms with Gasteiger partial charge >= 0.3 is 0 Å². The molecule has 2 fully saturated rings. The van der Waals surface area contributed by atoms with Gasteiger partial charge in [-0.1, -0.05) is 66.7 Å². The number of nitrogens with two attached hydrogens (primary N) is 1. The van der Waals surface area contributed by atoms with Crippen molar-refractivity contribution in [3.8, 4) is 6.07 Å². The summed E-state index contributed by atoms with van der Waals surface area (Å²) >= 11 is 0. The highest BCUT2D eigenvalue weighted by Crippen LogP contribution is 2.20. The normalized spacial score (nSPS) is 16.4. The second kappa shape index (κ2) is 16.5. The summed E-state index contributed by atoms with van der Waals surface area (Å²) in [5.41, 5.74) is 10.2. The molecule has 2 aliphatic rings. The highest BCUT2D eigenvalue weighted by molar-refractivity contribution is 5.51. The number of nitrogens with one attached hydrogen (secondary N) is 2. The molecule has 4 aromatic rings. The minimum Gasteiger partial charge on any atom is -0.367 e. The number of hydrogen-bond acceptors (Lipinski definition) is 8. The summed E-state index contributed by atoms with van der Waals surface area (Å²) in [4.78, 5) is 13.7. The summed E-state index contributed by atoms with van der Waals surface area (Å²) in [6.45, 7) is 6.98. The number of likely N-dealkylation sites (tertiary alicyclic amines) is 2. The van der Waals surface area contributed by atoms with E-state index < -0.39 is 0 Å². The van der Waals surface area contributed by atoms with Gasteiger partial charge in [0, 0.05) is 75.9 Å². The summed E-state index contributed by atoms with van der Waals surface area (Å²) in [5, 5.41) is 16.1. The average molecular weight is 589 g/mol. The Bertz CT molecular complexity index is 1440. The molecular weight excluding hydrogens is 544 g/mol. The summed E-state index contributed by atoms with van der Waals surface area (Å²) in [5.74, 6) is 1.66. The largest absolute Gasteiger partial charge is 0.367 e. The maximum atomic E-state index is 9.12. The molecule has 0 spiro atoms. The predicted molar refractivity (Wildman–Crippen MR) is 178 cm³/mol. The van der Waals surface area contributed by atoms with Crippen molar-refractivity contribution in [2.24, 2.45) is 5.73 Å². The van der Waals surface area contributed by atoms with E-state index in [0.717, 1.165) is 76.3 Å². The predicted octanol–water partition coefficient (Wildman–Crippen LogP) is 5.65. The minimum atomic E-state index is 0.397. The van der Waals surface area contributed by atoms with Gasteiger partial charge in [0.25, 0.3) is 0 Å². The van der Waals surface area contributed by atoms with Crippen LogP contribution >= 0.6 is 0 Å². The van der Waals surface area contributed by atoms with E-state index in [1.165, 1.54) is 11.1 Å². The number of nitrogens with zero attached hydrogens (tertiary/aromatic N) is 5. The highest BCUT2D eigenvalue weighted by atomic mass is 15.2. The van der Waals surface area contributed by atoms with Gasteiger partial charge in [0.05, 0.1) is 5.56 Å². The van der Waals surface area contributed by atoms with E-state index in [1.807, 2.05) is 18.3 Å². The minimum absolute atomic E-state index is 0.397. The maximum Gasteiger partial charge on any atom is 0.144 e. The van der Waals surface area contributed by atoms with E-state index in [4.69, 9.17) is 11.0 Å². The molecule has 4 heterocycles. The fourth-order valence-electron chi connectivity index (χ4n) is 5.88. The molecule has 8 heteroatoms. The third-order valence-electron chi connectivity index (χ3n) is 8.39. The zero-order valence-corrected chi connectivity index (χ0v) is 25.5. The van der Waals surface area contributed by atoms with Crippen LogP contribution in [0.5, 0.6) is 0 Å². The quantitative estimate of drug-likeness (QED) is 0.231. The Labute approximate surface area is 261 Å². The average Bonchev–Trinajstić information content (AvgIpc) is 3.08. The molecule has 8 nitrogen and oxygen atoms in total. The number of aromatic nitrogens is 2. The van der Waals surface area contributed by atoms with E-state index >= 15 is 0 Å². The summed E-state index contributed by atoms with van der Waals surface area (Å²) < 4.78 is 0. The summed E-state index contributed by atoms with van der Waals surface area (Å²) in [6, 6.07) is 32.0. The van der Waals surface area contributed by atoms with Crippen molar-refractivity contribution in [1.82, 2.24) is 19.8 Å². The molecule has 2 aromatic carbocycles. The maximum absolute atomic E-state index is 9.12. The van der Waals surface area contributed by atoms with Crippen molar-refractivity contribution in [2.45, 2.75) is 57.4 Å². The Morgan fingerprint density at radius 1 is 0.659 bits per heavy atom. The van der Waals surface area contributed by atoms with E-state index in [9.17, 15) is 0 Å². The molecule has 0 radical (unpaired) electrons. The third kappa shape index (κ3) is 9.35. The lowest BCUT2D eigenvalue weighted by molar-refractivity contribution is 0.211. The lowest BCUT2D eigenvalue weighted by Crippen LogP contribution is -2.39. The van der Waals surface area contributed by atoms with Crippen LogP contribution in [0.4, 0.5) is 11.6 Å². The first-order chi connectivity index (χ1) is 21.7. The van der Waals surface area contributed by atoms with Crippen LogP contribution in [0.25, 0.3) is 0 Å². The Morgan fingerprint density at radius 3 is 1.64 bits per heavy atom. The molecule has 6 rings (SSSR count). The lowest BCUT2D eigenvalue weighted by atomic mass is 10.0. The van der Waals surface area contributed by atoms with Gasteiger partial charge in [0.2, 0.25) is 0 Å². The molecule has 228 valence electrons. The number of anilines is 2. The standard InChI is InChI=1S/C18H24N4.C18H20N4/c2*19-13-16-7-4-10-20-18(16)21-17-8-11-22(12-9-17)14-15-5-2-1-3-6-15/h1-7,10,17H,8-9,11-14,19H2,(H,20,21);1-7,10,17H,8-9,11-12,14H2,(H,20,21). The van der Waals surface area contributed by atoms with Crippen molar-refractivity contribution in [3.05, 3.63) is 120 Å². The van der Waals surface area contributed by atoms with Gasteiger partial charge in [-0.3, -0.25) is 9.80 Å². The number of hydrogen-bond donors (Lipinski definition) is 3. The molecule has 0 unspecified atom stereocenters. The molecule has 2 aliphatic heterocycles. The number of pyridine rings is 2. The molecule has 4 N–H and O–H groups in total. The first-order valence-corrected chi connectivity index (χ1v) is 15.7. The molecule has 0 amide bonds. The van der Waals surface area contributed by atoms with Gasteiger partial charge in [-0.05, 0) is 55.0 Å². The molecule has 0 aliphatic carbocycles. The van der Waals surface area contributed by atoms with E-state index in [0.29, 0.717) is 30.0 Å². The number of rotatable bonds is 9. The fourth-order valence-corrected chi connectivity index (χ4v) is 5.88. The van der Waals surface area contributed by atoms with Gasteiger partial charge in [-0.2, -0.15) is 5.26 Å². The summed E-state index contributed by atoms with van der Waals surface area (Å²) in [6.07, 6.45) is 8.00. The second-order valence-corrected chi connectivity index (χ2v) is 11.6. The monoisotopic (exact) mass is 588 g/mol. The SMILES string of the molecule is N#Cc1cccnc1NC1CCN(Cc2ccccc2)CC1.NCc1cccnc1NC1CCN(Cc2ccccc2)CC1. The van der Waals surface area contributed by atoms with Crippen LogP contribution in [0.1, 0.15) is 47.9 Å². The van der Waals surface area contributed by atoms with E-state index in [-0.39, 0.29) is 0 Å². The van der Waals surface area contributed by atoms with Crippen LogP contribution in [0, 0.1) is 11.3 Å². The molecule has 44 heavy (non-hydrogen) atoms. The van der Waals surface area contributed by atoms with Crippen LogP contribution in [0.15, 0.2) is 97.3 Å². The van der Waals surface area contributed by atoms with Crippen LogP contribution < -0.4 is 16.4 Å². The first kappa shape index (κ1) is 31.1. The highest BCUT2D eigenvalue weighted by Gasteiger charge is 2.21. The van der Waals surface area contributed by atoms with Crippen LogP contribution in [0.3, 0.4) is 0 Å². The zero-order valence-electron chi connectivity index (χ0n) is 25.5. The van der Waals surface area contributed by atoms with Crippen molar-refractivity contribution >= 4 is 11.6 Å². The number of piperidine rings is 2. The van der Waals surface area contributed by atoms with E-state index in [2.05, 4.69) is 97.1 Å².